The van der Waals surface area contributed by atoms with E-state index in [1.807, 2.05) is 0 Å². The van der Waals surface area contributed by atoms with E-state index in [1.165, 1.54) is 11.0 Å². The summed E-state index contributed by atoms with van der Waals surface area (Å²) in [5, 5.41) is 9.54. The Kier molecular flexibility index (Phi) is 3.21. The molecular weight excluding hydrogens is 414 g/mol. The average Bonchev–Trinajstić information content (AvgIpc) is 3.06. The van der Waals surface area contributed by atoms with Gasteiger partial charge in [-0.3, -0.25) is 9.59 Å². The zero-order valence-corrected chi connectivity index (χ0v) is 15.0. The van der Waals surface area contributed by atoms with Crippen LogP contribution in [0.5, 0.6) is 5.75 Å². The standard InChI is InChI=1S/C16H15Br2NO3/c1-6-4-7(20)2-3-10(6)19-15(21)11-8-5-9(12(11)16(19)22)14(18)13(8)17/h2-4,8-9,11-14,20H,5H2,1H3/t8-,9+,11-,12-,13-,14+/m0/s1. The predicted molar refractivity (Wildman–Crippen MR) is 89.3 cm³/mol. The number of benzene rings is 1. The Labute approximate surface area is 145 Å². The monoisotopic (exact) mass is 427 g/mol. The van der Waals surface area contributed by atoms with Gasteiger partial charge in [-0.2, -0.15) is 0 Å². The number of nitrogens with zero attached hydrogens (tertiary/aromatic N) is 1. The first-order chi connectivity index (χ1) is 10.4. The van der Waals surface area contributed by atoms with Gasteiger partial charge in [0, 0.05) is 9.65 Å². The Balaban J connectivity index is 1.76. The van der Waals surface area contributed by atoms with E-state index < -0.39 is 0 Å². The number of aryl methyl sites for hydroxylation is 1. The fraction of sp³-hybridized carbons (Fsp3) is 0.500. The maximum absolute atomic E-state index is 12.9. The second-order valence-electron chi connectivity index (χ2n) is 6.49. The van der Waals surface area contributed by atoms with Crippen molar-refractivity contribution in [1.82, 2.24) is 0 Å². The highest BCUT2D eigenvalue weighted by Gasteiger charge is 2.66. The third-order valence-electron chi connectivity index (χ3n) is 5.41. The first kappa shape index (κ1) is 14.7. The molecule has 3 aliphatic rings. The van der Waals surface area contributed by atoms with Crippen molar-refractivity contribution < 1.29 is 14.7 Å². The zero-order valence-electron chi connectivity index (χ0n) is 11.9. The van der Waals surface area contributed by atoms with Crippen LogP contribution < -0.4 is 4.90 Å². The molecule has 2 amide bonds. The van der Waals surface area contributed by atoms with Crippen molar-refractivity contribution in [1.29, 1.82) is 0 Å². The minimum Gasteiger partial charge on any atom is -0.508 e. The van der Waals surface area contributed by atoms with Gasteiger partial charge in [0.1, 0.15) is 5.75 Å². The summed E-state index contributed by atoms with van der Waals surface area (Å²) in [5.74, 6) is 0.00572. The Bertz CT molecular complexity index is 660. The van der Waals surface area contributed by atoms with E-state index in [-0.39, 0.29) is 50.9 Å². The molecule has 6 heteroatoms. The van der Waals surface area contributed by atoms with Gasteiger partial charge in [0.25, 0.3) is 0 Å². The minimum atomic E-state index is -0.205. The average molecular weight is 429 g/mol. The molecule has 2 saturated carbocycles. The highest BCUT2D eigenvalue weighted by molar-refractivity contribution is 9.12. The minimum absolute atomic E-state index is 0.0832. The van der Waals surface area contributed by atoms with Crippen LogP contribution in [0.15, 0.2) is 18.2 Å². The van der Waals surface area contributed by atoms with Gasteiger partial charge in [-0.1, -0.05) is 31.9 Å². The van der Waals surface area contributed by atoms with E-state index in [9.17, 15) is 14.7 Å². The molecule has 0 radical (unpaired) electrons. The largest absolute Gasteiger partial charge is 0.508 e. The number of fused-ring (bicyclic) bond motifs is 5. The van der Waals surface area contributed by atoms with E-state index in [0.717, 1.165) is 12.0 Å². The maximum atomic E-state index is 12.9. The number of halogens is 2. The highest BCUT2D eigenvalue weighted by Crippen LogP contribution is 2.60. The second-order valence-corrected chi connectivity index (χ2v) is 8.60. The molecule has 1 N–H and O–H groups in total. The summed E-state index contributed by atoms with van der Waals surface area (Å²) in [6.45, 7) is 1.80. The molecule has 6 atom stereocenters. The van der Waals surface area contributed by atoms with Crippen LogP contribution >= 0.6 is 31.9 Å². The topological polar surface area (TPSA) is 57.6 Å². The van der Waals surface area contributed by atoms with Crippen molar-refractivity contribution in [3.8, 4) is 5.75 Å². The summed E-state index contributed by atoms with van der Waals surface area (Å²) in [6, 6.07) is 4.76. The van der Waals surface area contributed by atoms with E-state index in [4.69, 9.17) is 0 Å². The van der Waals surface area contributed by atoms with Gasteiger partial charge >= 0.3 is 0 Å². The van der Waals surface area contributed by atoms with Gasteiger partial charge in [0.2, 0.25) is 11.8 Å². The van der Waals surface area contributed by atoms with Crippen LogP contribution in [0.1, 0.15) is 12.0 Å². The summed E-state index contributed by atoms with van der Waals surface area (Å²) < 4.78 is 0. The van der Waals surface area contributed by atoms with Gasteiger partial charge in [-0.25, -0.2) is 4.90 Å². The molecule has 2 aliphatic carbocycles. The van der Waals surface area contributed by atoms with Crippen molar-refractivity contribution in [3.63, 3.8) is 0 Å². The Morgan fingerprint density at radius 2 is 1.64 bits per heavy atom. The third-order valence-corrected chi connectivity index (χ3v) is 8.62. The number of carbonyl (C=O) groups excluding carboxylic acids is 2. The molecule has 22 heavy (non-hydrogen) atoms. The lowest BCUT2D eigenvalue weighted by Gasteiger charge is -2.28. The van der Waals surface area contributed by atoms with Crippen molar-refractivity contribution in [3.05, 3.63) is 23.8 Å². The van der Waals surface area contributed by atoms with Crippen LogP contribution in [-0.2, 0) is 9.59 Å². The maximum Gasteiger partial charge on any atom is 0.238 e. The van der Waals surface area contributed by atoms with Crippen molar-refractivity contribution in [2.75, 3.05) is 4.90 Å². The van der Waals surface area contributed by atoms with Gasteiger partial charge in [-0.05, 0) is 48.9 Å². The van der Waals surface area contributed by atoms with Crippen LogP contribution in [0.3, 0.4) is 0 Å². The molecule has 0 aromatic heterocycles. The highest BCUT2D eigenvalue weighted by atomic mass is 79.9. The summed E-state index contributed by atoms with van der Waals surface area (Å²) >= 11 is 7.37. The smallest absolute Gasteiger partial charge is 0.238 e. The van der Waals surface area contributed by atoms with Crippen LogP contribution in [-0.4, -0.2) is 26.6 Å². The molecule has 2 bridgehead atoms. The number of phenolic OH excluding ortho intramolecular Hbond substituents is 1. The number of rotatable bonds is 1. The number of alkyl halides is 2. The number of hydrogen-bond donors (Lipinski definition) is 1. The normalized spacial score (nSPS) is 39.7. The number of anilines is 1. The van der Waals surface area contributed by atoms with Crippen molar-refractivity contribution in [2.45, 2.75) is 23.0 Å². The molecule has 0 unspecified atom stereocenters. The van der Waals surface area contributed by atoms with Gasteiger partial charge in [0.15, 0.2) is 0 Å². The summed E-state index contributed by atoms with van der Waals surface area (Å²) in [4.78, 5) is 27.6. The fourth-order valence-electron chi connectivity index (χ4n) is 4.48. The Morgan fingerprint density at radius 1 is 1.09 bits per heavy atom. The summed E-state index contributed by atoms with van der Waals surface area (Å²) in [6.07, 6.45) is 0.932. The number of hydrogen-bond acceptors (Lipinski definition) is 3. The molecule has 1 heterocycles. The Hall–Kier alpha value is -0.880. The quantitative estimate of drug-likeness (QED) is 0.552. The van der Waals surface area contributed by atoms with Crippen LogP contribution in [0, 0.1) is 30.6 Å². The lowest BCUT2D eigenvalue weighted by Crippen LogP contribution is -2.37. The zero-order chi connectivity index (χ0) is 15.8. The SMILES string of the molecule is Cc1cc(O)ccc1N1C(=O)[C@H]2[C@@H]3C[C@@H]([C@@H](Br)[C@H]3Br)[C@@H]2C1=O. The van der Waals surface area contributed by atoms with Crippen molar-refractivity contribution >= 4 is 49.4 Å². The molecule has 1 aliphatic heterocycles. The van der Waals surface area contributed by atoms with Gasteiger partial charge in [-0.15, -0.1) is 0 Å². The van der Waals surface area contributed by atoms with Gasteiger partial charge < -0.3 is 5.11 Å². The van der Waals surface area contributed by atoms with E-state index in [1.54, 1.807) is 19.1 Å². The van der Waals surface area contributed by atoms with Crippen LogP contribution in [0.2, 0.25) is 0 Å². The first-order valence-corrected chi connectivity index (χ1v) is 9.20. The molecule has 1 saturated heterocycles. The molecule has 116 valence electrons. The lowest BCUT2D eigenvalue weighted by atomic mass is 9.81. The fourth-order valence-corrected chi connectivity index (χ4v) is 6.35. The second kappa shape index (κ2) is 4.81. The van der Waals surface area contributed by atoms with E-state index in [0.29, 0.717) is 5.69 Å². The Morgan fingerprint density at radius 3 is 2.14 bits per heavy atom. The summed E-state index contributed by atoms with van der Waals surface area (Å²) in [7, 11) is 0. The number of amides is 2. The number of carbonyl (C=O) groups is 2. The summed E-state index contributed by atoms with van der Waals surface area (Å²) in [5.41, 5.74) is 1.33. The predicted octanol–water partition coefficient (Wildman–Crippen LogP) is 2.98. The molecule has 0 spiro atoms. The number of imide groups is 1. The number of aromatic hydroxyl groups is 1. The molecule has 4 rings (SSSR count). The van der Waals surface area contributed by atoms with Crippen LogP contribution in [0.4, 0.5) is 5.69 Å². The van der Waals surface area contributed by atoms with E-state index in [2.05, 4.69) is 31.9 Å². The van der Waals surface area contributed by atoms with Crippen molar-refractivity contribution in [2.24, 2.45) is 23.7 Å². The third kappa shape index (κ3) is 1.74. The molecule has 3 fully saturated rings. The van der Waals surface area contributed by atoms with E-state index >= 15 is 0 Å². The van der Waals surface area contributed by atoms with Gasteiger partial charge in [0.05, 0.1) is 17.5 Å². The first-order valence-electron chi connectivity index (χ1n) is 7.37. The molecular formula is C16H15Br2NO3. The molecule has 4 nitrogen and oxygen atoms in total. The molecule has 1 aromatic rings. The lowest BCUT2D eigenvalue weighted by molar-refractivity contribution is -0.123. The molecule has 1 aromatic carbocycles. The van der Waals surface area contributed by atoms with Crippen LogP contribution in [0.25, 0.3) is 0 Å². The number of phenols is 1.